The van der Waals surface area contributed by atoms with Gasteiger partial charge in [-0.25, -0.2) is 4.98 Å². The molecule has 0 aliphatic rings. The van der Waals surface area contributed by atoms with Gasteiger partial charge in [0.15, 0.2) is 0 Å². The monoisotopic (exact) mass is 291 g/mol. The smallest absolute Gasteiger partial charge is 0.243 e. The summed E-state index contributed by atoms with van der Waals surface area (Å²) < 4.78 is 5.05. The van der Waals surface area contributed by atoms with Gasteiger partial charge in [0.2, 0.25) is 5.91 Å². The summed E-state index contributed by atoms with van der Waals surface area (Å²) in [4.78, 5) is 15.0. The fourth-order valence-electron chi connectivity index (χ4n) is 1.65. The number of rotatable bonds is 8. The molecule has 0 saturated heterocycles. The van der Waals surface area contributed by atoms with Gasteiger partial charge in [-0.05, 0) is 0 Å². The highest BCUT2D eigenvalue weighted by molar-refractivity contribution is 7.09. The van der Waals surface area contributed by atoms with Crippen molar-refractivity contribution >= 4 is 17.2 Å². The van der Waals surface area contributed by atoms with Crippen LogP contribution in [0.3, 0.4) is 0 Å². The van der Waals surface area contributed by atoms with Crippen LogP contribution in [0.25, 0.3) is 11.3 Å². The number of aromatic nitrogens is 1. The number of nitrogens with zero attached hydrogens (tertiary/aromatic N) is 1. The van der Waals surface area contributed by atoms with Crippen LogP contribution in [-0.4, -0.2) is 30.6 Å². The van der Waals surface area contributed by atoms with E-state index in [1.165, 1.54) is 0 Å². The van der Waals surface area contributed by atoms with Crippen molar-refractivity contribution in [1.82, 2.24) is 10.3 Å². The molecule has 106 valence electrons. The minimum atomic E-state index is -0.447. The van der Waals surface area contributed by atoms with Crippen molar-refractivity contribution in [3.8, 4) is 11.3 Å². The lowest BCUT2D eigenvalue weighted by Crippen LogP contribution is -2.23. The van der Waals surface area contributed by atoms with Crippen molar-refractivity contribution in [1.29, 1.82) is 0 Å². The van der Waals surface area contributed by atoms with E-state index < -0.39 is 5.91 Å². The molecule has 0 spiro atoms. The third kappa shape index (κ3) is 4.73. The highest BCUT2D eigenvalue weighted by Gasteiger charge is 2.03. The second kappa shape index (κ2) is 7.74. The molecule has 2 rings (SSSR count). The molecule has 0 fully saturated rings. The standard InChI is InChI=1S/C14H17N3O2S/c15-13(18)9-19-7-6-16-8-14-17-12(10-20-14)11-4-2-1-3-5-11/h1-5,10,16H,6-9H2,(H2,15,18). The number of primary amides is 1. The first kappa shape index (κ1) is 14.6. The molecular weight excluding hydrogens is 274 g/mol. The van der Waals surface area contributed by atoms with Crippen LogP contribution < -0.4 is 11.1 Å². The lowest BCUT2D eigenvalue weighted by Gasteiger charge is -2.02. The number of thiazole rings is 1. The number of hydrogen-bond acceptors (Lipinski definition) is 5. The highest BCUT2D eigenvalue weighted by atomic mass is 32.1. The molecule has 0 radical (unpaired) electrons. The number of nitrogens with one attached hydrogen (secondary N) is 1. The summed E-state index contributed by atoms with van der Waals surface area (Å²) in [6.45, 7) is 1.78. The maximum Gasteiger partial charge on any atom is 0.243 e. The second-order valence-corrected chi connectivity index (χ2v) is 5.13. The number of amides is 1. The third-order valence-corrected chi connectivity index (χ3v) is 3.41. The molecule has 3 N–H and O–H groups in total. The summed E-state index contributed by atoms with van der Waals surface area (Å²) >= 11 is 1.62. The predicted octanol–water partition coefficient (Wildman–Crippen LogP) is 1.40. The van der Waals surface area contributed by atoms with E-state index in [1.54, 1.807) is 11.3 Å². The van der Waals surface area contributed by atoms with Crippen LogP contribution in [0.2, 0.25) is 0 Å². The molecule has 1 aromatic heterocycles. The molecule has 0 unspecified atom stereocenters. The quantitative estimate of drug-likeness (QED) is 0.721. The van der Waals surface area contributed by atoms with Gasteiger partial charge in [0.25, 0.3) is 0 Å². The van der Waals surface area contributed by atoms with Crippen molar-refractivity contribution in [3.05, 3.63) is 40.7 Å². The fourth-order valence-corrected chi connectivity index (χ4v) is 2.42. The Kier molecular flexibility index (Phi) is 5.67. The zero-order chi connectivity index (χ0) is 14.2. The van der Waals surface area contributed by atoms with Crippen molar-refractivity contribution in [2.75, 3.05) is 19.8 Å². The lowest BCUT2D eigenvalue weighted by molar-refractivity contribution is -0.122. The highest BCUT2D eigenvalue weighted by Crippen LogP contribution is 2.21. The van der Waals surface area contributed by atoms with E-state index in [1.807, 2.05) is 30.3 Å². The Morgan fingerprint density at radius 2 is 2.15 bits per heavy atom. The first-order valence-electron chi connectivity index (χ1n) is 6.32. The van der Waals surface area contributed by atoms with E-state index in [0.29, 0.717) is 19.7 Å². The first-order valence-corrected chi connectivity index (χ1v) is 7.20. The normalized spacial score (nSPS) is 10.6. The van der Waals surface area contributed by atoms with E-state index in [9.17, 15) is 4.79 Å². The topological polar surface area (TPSA) is 77.2 Å². The van der Waals surface area contributed by atoms with Crippen LogP contribution in [0.5, 0.6) is 0 Å². The van der Waals surface area contributed by atoms with Crippen LogP contribution in [0.15, 0.2) is 35.7 Å². The van der Waals surface area contributed by atoms with Gasteiger partial charge < -0.3 is 15.8 Å². The molecule has 6 heteroatoms. The molecule has 20 heavy (non-hydrogen) atoms. The molecule has 1 amide bonds. The average molecular weight is 291 g/mol. The molecule has 0 aliphatic carbocycles. The first-order chi connectivity index (χ1) is 9.75. The molecule has 1 heterocycles. The van der Waals surface area contributed by atoms with Gasteiger partial charge >= 0.3 is 0 Å². The van der Waals surface area contributed by atoms with Gasteiger partial charge in [-0.3, -0.25) is 4.79 Å². The van der Waals surface area contributed by atoms with Crippen LogP contribution in [0.1, 0.15) is 5.01 Å². The Morgan fingerprint density at radius 1 is 1.35 bits per heavy atom. The number of hydrogen-bond donors (Lipinski definition) is 2. The molecule has 1 aromatic carbocycles. The molecule has 0 bridgehead atoms. The lowest BCUT2D eigenvalue weighted by atomic mass is 10.2. The molecule has 2 aromatic rings. The van der Waals surface area contributed by atoms with E-state index >= 15 is 0 Å². The van der Waals surface area contributed by atoms with Gasteiger partial charge in [0.05, 0.1) is 12.3 Å². The number of ether oxygens (including phenoxy) is 1. The van der Waals surface area contributed by atoms with Gasteiger partial charge in [0.1, 0.15) is 11.6 Å². The Labute approximate surface area is 121 Å². The minimum Gasteiger partial charge on any atom is -0.370 e. The largest absolute Gasteiger partial charge is 0.370 e. The van der Waals surface area contributed by atoms with Crippen LogP contribution >= 0.6 is 11.3 Å². The molecule has 5 nitrogen and oxygen atoms in total. The van der Waals surface area contributed by atoms with Gasteiger partial charge in [-0.1, -0.05) is 30.3 Å². The van der Waals surface area contributed by atoms with Crippen LogP contribution in [0.4, 0.5) is 0 Å². The van der Waals surface area contributed by atoms with Crippen LogP contribution in [0, 0.1) is 0 Å². The van der Waals surface area contributed by atoms with E-state index in [4.69, 9.17) is 10.5 Å². The van der Waals surface area contributed by atoms with Crippen molar-refractivity contribution in [3.63, 3.8) is 0 Å². The van der Waals surface area contributed by atoms with E-state index in [0.717, 1.165) is 16.3 Å². The molecular formula is C14H17N3O2S. The molecule has 0 atom stereocenters. The molecule has 0 aliphatic heterocycles. The number of benzene rings is 1. The van der Waals surface area contributed by atoms with E-state index in [2.05, 4.69) is 15.7 Å². The van der Waals surface area contributed by atoms with Crippen molar-refractivity contribution in [2.24, 2.45) is 5.73 Å². The SMILES string of the molecule is NC(=O)COCCNCc1nc(-c2ccccc2)cs1. The maximum atomic E-state index is 10.5. The Balaban J connectivity index is 1.72. The summed E-state index contributed by atoms with van der Waals surface area (Å²) in [6, 6.07) is 10.1. The Bertz CT molecular complexity index is 542. The summed E-state index contributed by atoms with van der Waals surface area (Å²) in [5.74, 6) is -0.447. The number of carbonyl (C=O) groups excluding carboxylic acids is 1. The van der Waals surface area contributed by atoms with Crippen LogP contribution in [-0.2, 0) is 16.1 Å². The van der Waals surface area contributed by atoms with Gasteiger partial charge in [-0.15, -0.1) is 11.3 Å². The number of nitrogens with two attached hydrogens (primary N) is 1. The average Bonchev–Trinajstić information content (AvgIpc) is 2.92. The van der Waals surface area contributed by atoms with Gasteiger partial charge in [-0.2, -0.15) is 0 Å². The van der Waals surface area contributed by atoms with Crippen molar-refractivity contribution in [2.45, 2.75) is 6.54 Å². The Hall–Kier alpha value is -1.76. The number of carbonyl (C=O) groups is 1. The van der Waals surface area contributed by atoms with Gasteiger partial charge in [0, 0.05) is 24.0 Å². The summed E-state index contributed by atoms with van der Waals surface area (Å²) in [6.07, 6.45) is 0. The second-order valence-electron chi connectivity index (χ2n) is 4.19. The third-order valence-electron chi connectivity index (χ3n) is 2.57. The maximum absolute atomic E-state index is 10.5. The predicted molar refractivity (Wildman–Crippen MR) is 79.3 cm³/mol. The zero-order valence-corrected chi connectivity index (χ0v) is 11.9. The fraction of sp³-hybridized carbons (Fsp3) is 0.286. The minimum absolute atomic E-state index is 0.0307. The Morgan fingerprint density at radius 3 is 2.90 bits per heavy atom. The van der Waals surface area contributed by atoms with E-state index in [-0.39, 0.29) is 6.61 Å². The summed E-state index contributed by atoms with van der Waals surface area (Å²) in [5, 5.41) is 6.29. The summed E-state index contributed by atoms with van der Waals surface area (Å²) in [7, 11) is 0. The molecule has 0 saturated carbocycles. The zero-order valence-electron chi connectivity index (χ0n) is 11.0. The van der Waals surface area contributed by atoms with Crippen molar-refractivity contribution < 1.29 is 9.53 Å². The summed E-state index contributed by atoms with van der Waals surface area (Å²) in [5.41, 5.74) is 7.09.